The molecule has 15 heavy (non-hydrogen) atoms. The Bertz CT molecular complexity index is 345. The van der Waals surface area contributed by atoms with Crippen molar-refractivity contribution in [2.45, 2.75) is 20.8 Å². The average molecular weight is 207 g/mol. The third-order valence-electron chi connectivity index (χ3n) is 2.05. The number of hydrogen-bond acceptors (Lipinski definition) is 3. The molecule has 0 saturated carbocycles. The highest BCUT2D eigenvalue weighted by Gasteiger charge is 2.11. The van der Waals surface area contributed by atoms with Gasteiger partial charge in [-0.15, -0.1) is 0 Å². The summed E-state index contributed by atoms with van der Waals surface area (Å²) >= 11 is 0. The molecule has 0 unspecified atom stereocenters. The van der Waals surface area contributed by atoms with Crippen LogP contribution in [0.4, 0.5) is 0 Å². The Morgan fingerprint density at radius 3 is 2.40 bits per heavy atom. The zero-order valence-electron chi connectivity index (χ0n) is 9.29. The topological polar surface area (TPSA) is 35.5 Å². The molecule has 0 saturated heterocycles. The molecule has 0 N–H and O–H groups in total. The van der Waals surface area contributed by atoms with Crippen molar-refractivity contribution in [2.24, 2.45) is 0 Å². The lowest BCUT2D eigenvalue weighted by Crippen LogP contribution is -2.01. The van der Waals surface area contributed by atoms with Crippen LogP contribution in [-0.4, -0.2) is 19.5 Å². The molecule has 1 aromatic rings. The summed E-state index contributed by atoms with van der Waals surface area (Å²) in [7, 11) is 0. The molecule has 1 aromatic carbocycles. The largest absolute Gasteiger partial charge is 0.493 e. The van der Waals surface area contributed by atoms with E-state index >= 15 is 0 Å². The molecule has 0 aliphatic carbocycles. The molecule has 0 heterocycles. The number of benzene rings is 1. The van der Waals surface area contributed by atoms with Gasteiger partial charge in [0.15, 0.2) is 0 Å². The predicted molar refractivity (Wildman–Crippen MR) is 58.3 cm³/mol. The van der Waals surface area contributed by atoms with E-state index in [9.17, 15) is 4.79 Å². The molecule has 0 aliphatic rings. The van der Waals surface area contributed by atoms with Gasteiger partial charge >= 0.3 is 0 Å². The van der Waals surface area contributed by atoms with E-state index in [1.165, 1.54) is 0 Å². The maximum absolute atomic E-state index is 10.7. The first kappa shape index (κ1) is 11.6. The van der Waals surface area contributed by atoms with Crippen molar-refractivity contribution in [3.05, 3.63) is 23.3 Å². The van der Waals surface area contributed by atoms with Crippen molar-refractivity contribution in [1.82, 2.24) is 0 Å². The third kappa shape index (κ3) is 2.49. The molecule has 1 rings (SSSR count). The van der Waals surface area contributed by atoms with Crippen LogP contribution in [0.2, 0.25) is 0 Å². The van der Waals surface area contributed by atoms with Gasteiger partial charge in [0.1, 0.15) is 11.5 Å². The fourth-order valence-electron chi connectivity index (χ4n) is 1.40. The van der Waals surface area contributed by atoms with E-state index in [0.717, 1.165) is 11.3 Å². The lowest BCUT2D eigenvalue weighted by atomic mass is 10.1. The molecular formula is C12H15O3. The zero-order valence-corrected chi connectivity index (χ0v) is 9.29. The molecule has 1 radical (unpaired) electrons. The van der Waals surface area contributed by atoms with E-state index in [-0.39, 0.29) is 0 Å². The second kappa shape index (κ2) is 5.39. The van der Waals surface area contributed by atoms with Crippen molar-refractivity contribution >= 4 is 6.29 Å². The first-order valence-corrected chi connectivity index (χ1v) is 5.01. The van der Waals surface area contributed by atoms with Crippen LogP contribution in [0.5, 0.6) is 11.5 Å². The maximum Gasteiger partial charge on any atom is 0.237 e. The van der Waals surface area contributed by atoms with Crippen LogP contribution in [0.25, 0.3) is 0 Å². The lowest BCUT2D eigenvalue weighted by Gasteiger charge is -2.13. The van der Waals surface area contributed by atoms with Crippen LogP contribution in [0, 0.1) is 6.92 Å². The second-order valence-corrected chi connectivity index (χ2v) is 3.03. The van der Waals surface area contributed by atoms with Gasteiger partial charge in [-0.25, -0.2) is 0 Å². The molecule has 81 valence electrons. The van der Waals surface area contributed by atoms with Crippen molar-refractivity contribution in [1.29, 1.82) is 0 Å². The summed E-state index contributed by atoms with van der Waals surface area (Å²) in [5, 5.41) is 0. The average Bonchev–Trinajstić information content (AvgIpc) is 2.25. The zero-order chi connectivity index (χ0) is 11.3. The highest BCUT2D eigenvalue weighted by Crippen LogP contribution is 2.30. The minimum absolute atomic E-state index is 0.442. The van der Waals surface area contributed by atoms with E-state index < -0.39 is 0 Å². The number of hydrogen-bond donors (Lipinski definition) is 0. The second-order valence-electron chi connectivity index (χ2n) is 3.03. The first-order chi connectivity index (χ1) is 7.24. The van der Waals surface area contributed by atoms with Crippen LogP contribution in [-0.2, 0) is 4.79 Å². The smallest absolute Gasteiger partial charge is 0.237 e. The Balaban J connectivity index is 3.16. The van der Waals surface area contributed by atoms with Gasteiger partial charge in [-0.1, -0.05) is 0 Å². The van der Waals surface area contributed by atoms with E-state index in [1.54, 1.807) is 12.1 Å². The molecule has 0 atom stereocenters. The monoisotopic (exact) mass is 207 g/mol. The highest BCUT2D eigenvalue weighted by molar-refractivity contribution is 5.81. The molecule has 0 aliphatic heterocycles. The predicted octanol–water partition coefficient (Wildman–Crippen LogP) is 2.25. The van der Waals surface area contributed by atoms with Crippen LogP contribution in [0.1, 0.15) is 25.0 Å². The quantitative estimate of drug-likeness (QED) is 0.742. The molecule has 0 amide bonds. The summed E-state index contributed by atoms with van der Waals surface area (Å²) < 4.78 is 10.8. The van der Waals surface area contributed by atoms with Crippen LogP contribution in [0.15, 0.2) is 12.1 Å². The Kier molecular flexibility index (Phi) is 4.16. The highest BCUT2D eigenvalue weighted by atomic mass is 16.5. The first-order valence-electron chi connectivity index (χ1n) is 5.01. The van der Waals surface area contributed by atoms with Crippen molar-refractivity contribution in [2.75, 3.05) is 13.2 Å². The summed E-state index contributed by atoms with van der Waals surface area (Å²) in [6, 6.07) is 3.43. The van der Waals surface area contributed by atoms with E-state index in [2.05, 4.69) is 0 Å². The van der Waals surface area contributed by atoms with Gasteiger partial charge in [-0.05, 0) is 32.9 Å². The number of carbonyl (C=O) groups excluding carboxylic acids is 1. The maximum atomic E-state index is 10.7. The fourth-order valence-corrected chi connectivity index (χ4v) is 1.40. The Hall–Kier alpha value is -1.51. The summed E-state index contributed by atoms with van der Waals surface area (Å²) in [6.07, 6.45) is 1.86. The molecular weight excluding hydrogens is 192 g/mol. The molecule has 0 fully saturated rings. The number of ether oxygens (including phenoxy) is 2. The van der Waals surface area contributed by atoms with Crippen LogP contribution < -0.4 is 9.47 Å². The van der Waals surface area contributed by atoms with Crippen molar-refractivity contribution < 1.29 is 14.3 Å². The number of rotatable bonds is 5. The SMILES string of the molecule is CCOc1ccc([C]=O)c(OCC)c1C. The van der Waals surface area contributed by atoms with Crippen molar-refractivity contribution in [3.8, 4) is 11.5 Å². The third-order valence-corrected chi connectivity index (χ3v) is 2.05. The Morgan fingerprint density at radius 2 is 1.87 bits per heavy atom. The molecule has 3 nitrogen and oxygen atoms in total. The summed E-state index contributed by atoms with van der Waals surface area (Å²) in [6.45, 7) is 6.78. The molecule has 0 spiro atoms. The van der Waals surface area contributed by atoms with Gasteiger partial charge in [-0.2, -0.15) is 0 Å². The molecule has 0 bridgehead atoms. The fraction of sp³-hybridized carbons (Fsp3) is 0.417. The Labute approximate surface area is 90.0 Å². The minimum Gasteiger partial charge on any atom is -0.493 e. The minimum atomic E-state index is 0.442. The molecule has 0 aromatic heterocycles. The summed E-state index contributed by atoms with van der Waals surface area (Å²) in [5.41, 5.74) is 1.29. The van der Waals surface area contributed by atoms with Gasteiger partial charge in [0.25, 0.3) is 0 Å². The van der Waals surface area contributed by atoms with Gasteiger partial charge in [0.05, 0.1) is 18.8 Å². The lowest BCUT2D eigenvalue weighted by molar-refractivity contribution is 0.318. The van der Waals surface area contributed by atoms with E-state index in [4.69, 9.17) is 9.47 Å². The van der Waals surface area contributed by atoms with Crippen LogP contribution >= 0.6 is 0 Å². The van der Waals surface area contributed by atoms with E-state index in [0.29, 0.717) is 24.5 Å². The normalized spacial score (nSPS) is 9.80. The van der Waals surface area contributed by atoms with Gasteiger partial charge in [0.2, 0.25) is 6.29 Å². The van der Waals surface area contributed by atoms with Crippen LogP contribution in [0.3, 0.4) is 0 Å². The van der Waals surface area contributed by atoms with E-state index in [1.807, 2.05) is 27.1 Å². The van der Waals surface area contributed by atoms with Gasteiger partial charge in [0, 0.05) is 5.56 Å². The summed E-state index contributed by atoms with van der Waals surface area (Å²) in [4.78, 5) is 10.7. The van der Waals surface area contributed by atoms with Gasteiger partial charge in [-0.3, -0.25) is 4.79 Å². The van der Waals surface area contributed by atoms with Gasteiger partial charge < -0.3 is 9.47 Å². The van der Waals surface area contributed by atoms with Crippen molar-refractivity contribution in [3.63, 3.8) is 0 Å². The Morgan fingerprint density at radius 1 is 1.20 bits per heavy atom. The molecule has 3 heteroatoms. The summed E-state index contributed by atoms with van der Waals surface area (Å²) in [5.74, 6) is 1.32. The standard InChI is InChI=1S/C12H15O3/c1-4-14-11-7-6-10(8-13)12(9(11)3)15-5-2/h6-7H,4-5H2,1-3H3.